The molecule has 4 heteroatoms. The van der Waals surface area contributed by atoms with E-state index in [1.165, 1.54) is 0 Å². The van der Waals surface area contributed by atoms with Crippen LogP contribution in [0.1, 0.15) is 22.3 Å². The molecule has 8 aromatic rings. The molecule has 258 valence electrons. The molecule has 4 nitrogen and oxygen atoms in total. The van der Waals surface area contributed by atoms with Gasteiger partial charge in [0.05, 0.1) is 0 Å². The molecule has 0 saturated carbocycles. The summed E-state index contributed by atoms with van der Waals surface area (Å²) in [5.74, 6) is 0.608. The lowest BCUT2D eigenvalue weighted by Gasteiger charge is -2.27. The summed E-state index contributed by atoms with van der Waals surface area (Å²) in [5, 5.41) is 33.4. The number of phenols is 2. The molecule has 0 unspecified atom stereocenters. The molecule has 0 radical (unpaired) electrons. The highest BCUT2D eigenvalue weighted by Gasteiger charge is 2.21. The molecular formula is C48H44N2O2. The van der Waals surface area contributed by atoms with Crippen molar-refractivity contribution in [2.45, 2.75) is 26.9 Å². The predicted octanol–water partition coefficient (Wildman–Crippen LogP) is 11.2. The van der Waals surface area contributed by atoms with E-state index in [4.69, 9.17) is 0 Å². The van der Waals surface area contributed by atoms with E-state index in [-0.39, 0.29) is 0 Å². The summed E-state index contributed by atoms with van der Waals surface area (Å²) in [6, 6.07) is 46.7. The van der Waals surface area contributed by atoms with E-state index in [2.05, 4.69) is 171 Å². The van der Waals surface area contributed by atoms with Crippen molar-refractivity contribution >= 4 is 43.1 Å². The fourth-order valence-corrected chi connectivity index (χ4v) is 7.97. The minimum atomic E-state index is 0.304. The first-order valence-electron chi connectivity index (χ1n) is 18.1. The Balaban J connectivity index is 1.23. The van der Waals surface area contributed by atoms with Crippen LogP contribution in [0.15, 0.2) is 133 Å². The Morgan fingerprint density at radius 2 is 0.788 bits per heavy atom. The van der Waals surface area contributed by atoms with Gasteiger partial charge >= 0.3 is 0 Å². The molecule has 0 spiro atoms. The first-order chi connectivity index (χ1) is 25.2. The standard InChI is InChI=1S/C48H44N2O2/c1-31-23-37(47(51)43(25-31)45-39-17-9-5-13-33(39)27-34-14-6-10-18-40(34)45)29-50(22-21-49(3)4)30-38-24-32(2)26-44(48(38)52)46-41-19-11-7-15-35(41)28-36-16-8-12-20-42(36)46/h5-20,23-28,51-52H,21-22,29-30H2,1-4H3. The minimum Gasteiger partial charge on any atom is -0.507 e. The van der Waals surface area contributed by atoms with Crippen molar-refractivity contribution in [3.8, 4) is 33.8 Å². The number of likely N-dealkylation sites (N-methyl/N-ethyl adjacent to an activating group) is 1. The molecule has 0 aliphatic rings. The van der Waals surface area contributed by atoms with Crippen LogP contribution in [0.3, 0.4) is 0 Å². The maximum atomic E-state index is 12.2. The number of rotatable bonds is 9. The van der Waals surface area contributed by atoms with Gasteiger partial charge in [-0.3, -0.25) is 4.90 Å². The highest BCUT2D eigenvalue weighted by molar-refractivity contribution is 6.14. The van der Waals surface area contributed by atoms with Gasteiger partial charge in [0.15, 0.2) is 0 Å². The number of fused-ring (bicyclic) bond motifs is 4. The van der Waals surface area contributed by atoms with Crippen LogP contribution in [0.2, 0.25) is 0 Å². The summed E-state index contributed by atoms with van der Waals surface area (Å²) >= 11 is 0. The van der Waals surface area contributed by atoms with E-state index in [1.807, 2.05) is 0 Å². The third-order valence-electron chi connectivity index (χ3n) is 10.4. The van der Waals surface area contributed by atoms with Crippen LogP contribution >= 0.6 is 0 Å². The minimum absolute atomic E-state index is 0.304. The molecule has 0 aromatic heterocycles. The van der Waals surface area contributed by atoms with Crippen molar-refractivity contribution in [1.82, 2.24) is 9.80 Å². The fourth-order valence-electron chi connectivity index (χ4n) is 7.97. The van der Waals surface area contributed by atoms with Gasteiger partial charge in [-0.25, -0.2) is 0 Å². The topological polar surface area (TPSA) is 46.9 Å². The first kappa shape index (κ1) is 33.5. The molecule has 52 heavy (non-hydrogen) atoms. The van der Waals surface area contributed by atoms with Gasteiger partial charge in [0, 0.05) is 59.6 Å². The highest BCUT2D eigenvalue weighted by atomic mass is 16.3. The zero-order valence-corrected chi connectivity index (χ0v) is 30.3. The Morgan fingerprint density at radius 1 is 0.442 bits per heavy atom. The summed E-state index contributed by atoms with van der Waals surface area (Å²) < 4.78 is 0. The summed E-state index contributed by atoms with van der Waals surface area (Å²) in [7, 11) is 4.17. The monoisotopic (exact) mass is 680 g/mol. The van der Waals surface area contributed by atoms with E-state index in [1.54, 1.807) is 0 Å². The average Bonchev–Trinajstić information content (AvgIpc) is 3.14. The normalized spacial score (nSPS) is 11.9. The van der Waals surface area contributed by atoms with Crippen molar-refractivity contribution in [2.75, 3.05) is 27.2 Å². The molecular weight excluding hydrogens is 637 g/mol. The van der Waals surface area contributed by atoms with E-state index < -0.39 is 0 Å². The maximum Gasteiger partial charge on any atom is 0.127 e. The van der Waals surface area contributed by atoms with Crippen molar-refractivity contribution in [2.24, 2.45) is 0 Å². The molecule has 2 N–H and O–H groups in total. The third-order valence-corrected chi connectivity index (χ3v) is 10.4. The van der Waals surface area contributed by atoms with E-state index >= 15 is 0 Å². The van der Waals surface area contributed by atoms with Crippen LogP contribution in [0.5, 0.6) is 11.5 Å². The molecule has 0 atom stereocenters. The Kier molecular flexibility index (Phi) is 8.88. The fraction of sp³-hybridized carbons (Fsp3) is 0.167. The van der Waals surface area contributed by atoms with Crippen LogP contribution < -0.4 is 0 Å². The van der Waals surface area contributed by atoms with Crippen LogP contribution in [-0.4, -0.2) is 47.2 Å². The van der Waals surface area contributed by atoms with Gasteiger partial charge in [-0.1, -0.05) is 109 Å². The number of aromatic hydroxyl groups is 2. The van der Waals surface area contributed by atoms with E-state index in [0.29, 0.717) is 24.6 Å². The molecule has 8 rings (SSSR count). The zero-order valence-electron chi connectivity index (χ0n) is 30.3. The van der Waals surface area contributed by atoms with Gasteiger partial charge in [0.1, 0.15) is 11.5 Å². The van der Waals surface area contributed by atoms with E-state index in [0.717, 1.165) is 101 Å². The molecule has 0 saturated heterocycles. The zero-order chi connectivity index (χ0) is 35.9. The van der Waals surface area contributed by atoms with Crippen LogP contribution in [0.4, 0.5) is 0 Å². The average molecular weight is 681 g/mol. The lowest BCUT2D eigenvalue weighted by molar-refractivity contribution is 0.222. The first-order valence-corrected chi connectivity index (χ1v) is 18.1. The lowest BCUT2D eigenvalue weighted by Crippen LogP contribution is -2.31. The number of benzene rings is 8. The van der Waals surface area contributed by atoms with Gasteiger partial charge in [0.25, 0.3) is 0 Å². The Labute approximate surface area is 305 Å². The SMILES string of the molecule is Cc1cc(CN(CCN(C)C)Cc2cc(C)cc(-c3c4ccccc4cc4ccccc34)c2O)c(O)c(-c2c3ccccc3cc3ccccc23)c1. The summed E-state index contributed by atoms with van der Waals surface area (Å²) in [6.07, 6.45) is 0. The maximum absolute atomic E-state index is 12.2. The predicted molar refractivity (Wildman–Crippen MR) is 219 cm³/mol. The quantitative estimate of drug-likeness (QED) is 0.149. The number of hydrogen-bond donors (Lipinski definition) is 2. The molecule has 0 bridgehead atoms. The molecule has 0 fully saturated rings. The summed E-state index contributed by atoms with van der Waals surface area (Å²) in [4.78, 5) is 4.53. The van der Waals surface area contributed by atoms with Gasteiger partial charge in [0.2, 0.25) is 0 Å². The second kappa shape index (κ2) is 13.8. The second-order valence-corrected chi connectivity index (χ2v) is 14.5. The number of nitrogens with zero attached hydrogens (tertiary/aromatic N) is 2. The van der Waals surface area contributed by atoms with Crippen molar-refractivity contribution in [3.05, 3.63) is 156 Å². The molecule has 0 aliphatic heterocycles. The number of hydrogen-bond acceptors (Lipinski definition) is 4. The Bertz CT molecular complexity index is 2340. The highest BCUT2D eigenvalue weighted by Crippen LogP contribution is 2.44. The third kappa shape index (κ3) is 6.25. The molecule has 0 heterocycles. The Morgan fingerprint density at radius 3 is 1.13 bits per heavy atom. The van der Waals surface area contributed by atoms with Gasteiger partial charge in [-0.2, -0.15) is 0 Å². The van der Waals surface area contributed by atoms with Crippen LogP contribution in [-0.2, 0) is 13.1 Å². The number of phenolic OH excluding ortho intramolecular Hbond substituents is 2. The van der Waals surface area contributed by atoms with Crippen LogP contribution in [0, 0.1) is 13.8 Å². The molecule has 8 aromatic carbocycles. The van der Waals surface area contributed by atoms with Crippen molar-refractivity contribution in [1.29, 1.82) is 0 Å². The smallest absolute Gasteiger partial charge is 0.127 e. The van der Waals surface area contributed by atoms with Crippen LogP contribution in [0.25, 0.3) is 65.3 Å². The van der Waals surface area contributed by atoms with Gasteiger partial charge in [-0.15, -0.1) is 0 Å². The number of aryl methyl sites for hydroxylation is 2. The van der Waals surface area contributed by atoms with Gasteiger partial charge in [-0.05, 0) is 106 Å². The van der Waals surface area contributed by atoms with Gasteiger partial charge < -0.3 is 15.1 Å². The molecule has 0 aliphatic carbocycles. The van der Waals surface area contributed by atoms with Crippen molar-refractivity contribution < 1.29 is 10.2 Å². The largest absolute Gasteiger partial charge is 0.507 e. The van der Waals surface area contributed by atoms with E-state index in [9.17, 15) is 10.2 Å². The lowest BCUT2D eigenvalue weighted by atomic mass is 9.89. The second-order valence-electron chi connectivity index (χ2n) is 14.5. The molecule has 0 amide bonds. The summed E-state index contributed by atoms with van der Waals surface area (Å²) in [6.45, 7) is 6.86. The summed E-state index contributed by atoms with van der Waals surface area (Å²) in [5.41, 5.74) is 7.74. The Hall–Kier alpha value is -5.68. The van der Waals surface area contributed by atoms with Crippen molar-refractivity contribution in [3.63, 3.8) is 0 Å².